The zero-order valence-electron chi connectivity index (χ0n) is 9.84. The molecule has 0 aromatic rings. The topological polar surface area (TPSA) is 32.3 Å². The molecule has 1 saturated carbocycles. The lowest BCUT2D eigenvalue weighted by Crippen LogP contribution is -2.54. The van der Waals surface area contributed by atoms with Crippen LogP contribution in [0.15, 0.2) is 0 Å². The van der Waals surface area contributed by atoms with Crippen molar-refractivity contribution in [3.05, 3.63) is 0 Å². The molecule has 0 amide bonds. The van der Waals surface area contributed by atoms with Crippen LogP contribution in [-0.4, -0.2) is 23.3 Å². The highest BCUT2D eigenvalue weighted by molar-refractivity contribution is 4.92. The van der Waals surface area contributed by atoms with E-state index in [0.717, 1.165) is 0 Å². The predicted octanol–water partition coefficient (Wildman–Crippen LogP) is 2.32. The normalized spacial score (nSPS) is 23.8. The van der Waals surface area contributed by atoms with Gasteiger partial charge < -0.3 is 10.4 Å². The van der Waals surface area contributed by atoms with E-state index in [1.165, 1.54) is 32.1 Å². The van der Waals surface area contributed by atoms with Crippen molar-refractivity contribution < 1.29 is 5.11 Å². The molecule has 0 saturated heterocycles. The maximum atomic E-state index is 9.52. The Labute approximate surface area is 88.1 Å². The Morgan fingerprint density at radius 3 is 2.29 bits per heavy atom. The minimum absolute atomic E-state index is 0.0609. The molecule has 0 radical (unpaired) electrons. The zero-order chi connectivity index (χ0) is 10.6. The van der Waals surface area contributed by atoms with E-state index in [1.54, 1.807) is 0 Å². The van der Waals surface area contributed by atoms with Crippen LogP contribution in [-0.2, 0) is 0 Å². The van der Waals surface area contributed by atoms with Crippen molar-refractivity contribution >= 4 is 0 Å². The SMILES string of the molecule is CC(C)NC(C)(CO)C1CCCCC1. The van der Waals surface area contributed by atoms with Crippen LogP contribution in [0, 0.1) is 5.92 Å². The molecule has 0 aliphatic heterocycles. The molecule has 0 aromatic carbocycles. The van der Waals surface area contributed by atoms with Gasteiger partial charge in [0.1, 0.15) is 0 Å². The molecule has 2 N–H and O–H groups in total. The van der Waals surface area contributed by atoms with E-state index >= 15 is 0 Å². The standard InChI is InChI=1S/C12H25NO/c1-10(2)13-12(3,9-14)11-7-5-4-6-8-11/h10-11,13-14H,4-9H2,1-3H3. The van der Waals surface area contributed by atoms with Crippen molar-refractivity contribution in [1.82, 2.24) is 5.32 Å². The van der Waals surface area contributed by atoms with Crippen LogP contribution >= 0.6 is 0 Å². The zero-order valence-corrected chi connectivity index (χ0v) is 9.84. The monoisotopic (exact) mass is 199 g/mol. The van der Waals surface area contributed by atoms with Gasteiger partial charge in [-0.15, -0.1) is 0 Å². The van der Waals surface area contributed by atoms with Gasteiger partial charge in [0.15, 0.2) is 0 Å². The molecule has 1 atom stereocenters. The second-order valence-corrected chi connectivity index (χ2v) is 5.21. The van der Waals surface area contributed by atoms with Crippen LogP contribution in [0.25, 0.3) is 0 Å². The number of hydrogen-bond donors (Lipinski definition) is 2. The summed E-state index contributed by atoms with van der Waals surface area (Å²) in [5, 5.41) is 13.0. The third-order valence-corrected chi connectivity index (χ3v) is 3.45. The molecule has 1 unspecified atom stereocenters. The quantitative estimate of drug-likeness (QED) is 0.728. The van der Waals surface area contributed by atoms with Crippen molar-refractivity contribution in [3.63, 3.8) is 0 Å². The highest BCUT2D eigenvalue weighted by atomic mass is 16.3. The van der Waals surface area contributed by atoms with Gasteiger partial charge >= 0.3 is 0 Å². The van der Waals surface area contributed by atoms with E-state index in [4.69, 9.17) is 0 Å². The molecule has 14 heavy (non-hydrogen) atoms. The first-order valence-electron chi connectivity index (χ1n) is 5.97. The van der Waals surface area contributed by atoms with Crippen molar-refractivity contribution in [2.75, 3.05) is 6.61 Å². The number of rotatable bonds is 4. The highest BCUT2D eigenvalue weighted by Gasteiger charge is 2.34. The second kappa shape index (κ2) is 5.13. The van der Waals surface area contributed by atoms with Gasteiger partial charge in [-0.05, 0) is 25.7 Å². The van der Waals surface area contributed by atoms with Gasteiger partial charge in [0.05, 0.1) is 6.61 Å². The van der Waals surface area contributed by atoms with E-state index in [2.05, 4.69) is 26.1 Å². The molecular formula is C12H25NO. The van der Waals surface area contributed by atoms with Gasteiger partial charge in [0, 0.05) is 11.6 Å². The van der Waals surface area contributed by atoms with E-state index in [-0.39, 0.29) is 12.1 Å². The Morgan fingerprint density at radius 1 is 1.29 bits per heavy atom. The van der Waals surface area contributed by atoms with Crippen molar-refractivity contribution in [2.24, 2.45) is 5.92 Å². The third kappa shape index (κ3) is 2.96. The van der Waals surface area contributed by atoms with Crippen LogP contribution in [0.5, 0.6) is 0 Å². The first-order valence-corrected chi connectivity index (χ1v) is 5.97. The molecule has 2 heteroatoms. The average molecular weight is 199 g/mol. The van der Waals surface area contributed by atoms with Crippen LogP contribution in [0.3, 0.4) is 0 Å². The minimum Gasteiger partial charge on any atom is -0.394 e. The molecule has 1 fully saturated rings. The fourth-order valence-corrected chi connectivity index (χ4v) is 2.69. The molecule has 84 valence electrons. The summed E-state index contributed by atoms with van der Waals surface area (Å²) in [5.74, 6) is 0.656. The maximum absolute atomic E-state index is 9.52. The van der Waals surface area contributed by atoms with Crippen molar-refractivity contribution in [1.29, 1.82) is 0 Å². The number of aliphatic hydroxyl groups is 1. The first-order chi connectivity index (χ1) is 6.58. The molecule has 0 bridgehead atoms. The van der Waals surface area contributed by atoms with Gasteiger partial charge in [0.2, 0.25) is 0 Å². The lowest BCUT2D eigenvalue weighted by Gasteiger charge is -2.40. The van der Waals surface area contributed by atoms with Crippen LogP contribution in [0.1, 0.15) is 52.9 Å². The van der Waals surface area contributed by atoms with E-state index in [1.807, 2.05) is 0 Å². The van der Waals surface area contributed by atoms with Crippen LogP contribution in [0.2, 0.25) is 0 Å². The fraction of sp³-hybridized carbons (Fsp3) is 1.00. The summed E-state index contributed by atoms with van der Waals surface area (Å²) < 4.78 is 0. The molecular weight excluding hydrogens is 174 g/mol. The summed E-state index contributed by atoms with van der Waals surface area (Å²) in [5.41, 5.74) is -0.0609. The average Bonchev–Trinajstić information content (AvgIpc) is 2.18. The molecule has 0 aromatic heterocycles. The maximum Gasteiger partial charge on any atom is 0.0613 e. The van der Waals surface area contributed by atoms with Gasteiger partial charge in [0.25, 0.3) is 0 Å². The summed E-state index contributed by atoms with van der Waals surface area (Å²) in [6.07, 6.45) is 6.59. The van der Waals surface area contributed by atoms with Crippen molar-refractivity contribution in [2.45, 2.75) is 64.5 Å². The summed E-state index contributed by atoms with van der Waals surface area (Å²) in [7, 11) is 0. The Balaban J connectivity index is 2.56. The first kappa shape index (κ1) is 12.0. The van der Waals surface area contributed by atoms with Crippen molar-refractivity contribution in [3.8, 4) is 0 Å². The molecule has 1 aliphatic rings. The third-order valence-electron chi connectivity index (χ3n) is 3.45. The van der Waals surface area contributed by atoms with Gasteiger partial charge in [-0.3, -0.25) is 0 Å². The highest BCUT2D eigenvalue weighted by Crippen LogP contribution is 2.32. The van der Waals surface area contributed by atoms with Gasteiger partial charge in [-0.25, -0.2) is 0 Å². The predicted molar refractivity (Wildman–Crippen MR) is 60.3 cm³/mol. The second-order valence-electron chi connectivity index (χ2n) is 5.21. The number of aliphatic hydroxyl groups excluding tert-OH is 1. The largest absolute Gasteiger partial charge is 0.394 e. The smallest absolute Gasteiger partial charge is 0.0613 e. The van der Waals surface area contributed by atoms with E-state index < -0.39 is 0 Å². The molecule has 1 aliphatic carbocycles. The Hall–Kier alpha value is -0.0800. The van der Waals surface area contributed by atoms with Crippen LogP contribution < -0.4 is 5.32 Å². The summed E-state index contributed by atoms with van der Waals surface area (Å²) in [4.78, 5) is 0. The Kier molecular flexibility index (Phi) is 4.39. The molecule has 0 heterocycles. The molecule has 0 spiro atoms. The van der Waals surface area contributed by atoms with Gasteiger partial charge in [-0.1, -0.05) is 33.1 Å². The van der Waals surface area contributed by atoms with Crippen LogP contribution in [0.4, 0.5) is 0 Å². The number of hydrogen-bond acceptors (Lipinski definition) is 2. The fourth-order valence-electron chi connectivity index (χ4n) is 2.69. The minimum atomic E-state index is -0.0609. The molecule has 2 nitrogen and oxygen atoms in total. The Morgan fingerprint density at radius 2 is 1.86 bits per heavy atom. The van der Waals surface area contributed by atoms with Gasteiger partial charge in [-0.2, -0.15) is 0 Å². The summed E-state index contributed by atoms with van der Waals surface area (Å²) in [6.45, 7) is 6.73. The summed E-state index contributed by atoms with van der Waals surface area (Å²) >= 11 is 0. The van der Waals surface area contributed by atoms with E-state index in [0.29, 0.717) is 12.0 Å². The van der Waals surface area contributed by atoms with E-state index in [9.17, 15) is 5.11 Å². The number of nitrogens with one attached hydrogen (secondary N) is 1. The molecule has 1 rings (SSSR count). The lowest BCUT2D eigenvalue weighted by atomic mass is 9.75. The summed E-state index contributed by atoms with van der Waals surface area (Å²) in [6, 6.07) is 0.453. The Bertz CT molecular complexity index is 164. The lowest BCUT2D eigenvalue weighted by molar-refractivity contribution is 0.0879.